The molecule has 1 aliphatic rings. The molecule has 0 aliphatic heterocycles. The number of phenols is 1. The first kappa shape index (κ1) is 31.9. The molecule has 3 aromatic rings. The summed E-state index contributed by atoms with van der Waals surface area (Å²) in [6.45, 7) is 10.9. The van der Waals surface area contributed by atoms with Crippen LogP contribution in [-0.2, 0) is 20.7 Å². The first-order chi connectivity index (χ1) is 20.2. The van der Waals surface area contributed by atoms with E-state index in [9.17, 15) is 19.5 Å². The zero-order chi connectivity index (χ0) is 31.5. The number of anilines is 1. The van der Waals surface area contributed by atoms with Crippen molar-refractivity contribution < 1.29 is 24.2 Å². The summed E-state index contributed by atoms with van der Waals surface area (Å²) >= 11 is 6.49. The van der Waals surface area contributed by atoms with Gasteiger partial charge in [-0.3, -0.25) is 9.59 Å². The van der Waals surface area contributed by atoms with Crippen LogP contribution in [0.4, 0.5) is 10.5 Å². The van der Waals surface area contributed by atoms with Crippen molar-refractivity contribution in [3.8, 4) is 5.75 Å². The molecule has 1 aliphatic carbocycles. The SMILES string of the molecule is Cc1cccc(Cl)c1NC(=O)C(c1c(C)cccc1C)N(C(=O)C(Cc1ccc(O)cc1)NC(=O)OC(C)(C)C)C1CC1. The normalized spacial score (nSPS) is 14.4. The number of aromatic hydroxyl groups is 1. The number of hydrogen-bond donors (Lipinski definition) is 3. The summed E-state index contributed by atoms with van der Waals surface area (Å²) in [5, 5.41) is 16.0. The maximum Gasteiger partial charge on any atom is 0.408 e. The molecule has 1 saturated carbocycles. The predicted octanol–water partition coefficient (Wildman–Crippen LogP) is 6.78. The number of carbonyl (C=O) groups is 3. The van der Waals surface area contributed by atoms with Crippen LogP contribution in [0.25, 0.3) is 0 Å². The largest absolute Gasteiger partial charge is 0.508 e. The van der Waals surface area contributed by atoms with E-state index in [1.165, 1.54) is 12.1 Å². The second-order valence-corrected chi connectivity index (χ2v) is 12.6. The number of alkyl carbamates (subject to hydrolysis) is 1. The van der Waals surface area contributed by atoms with Gasteiger partial charge in [0.2, 0.25) is 5.91 Å². The fraction of sp³-hybridized carbons (Fsp3) is 0.382. The van der Waals surface area contributed by atoms with Crippen molar-refractivity contribution in [1.82, 2.24) is 10.2 Å². The Balaban J connectivity index is 1.79. The lowest BCUT2D eigenvalue weighted by Crippen LogP contribution is -2.54. The van der Waals surface area contributed by atoms with Gasteiger partial charge in [0.25, 0.3) is 5.91 Å². The minimum Gasteiger partial charge on any atom is -0.508 e. The summed E-state index contributed by atoms with van der Waals surface area (Å²) in [5.41, 5.74) is 3.69. The van der Waals surface area contributed by atoms with E-state index in [1.54, 1.807) is 43.9 Å². The van der Waals surface area contributed by atoms with Crippen molar-refractivity contribution in [3.05, 3.63) is 93.5 Å². The van der Waals surface area contributed by atoms with Crippen molar-refractivity contribution >= 4 is 35.2 Å². The van der Waals surface area contributed by atoms with Gasteiger partial charge in [0.05, 0.1) is 10.7 Å². The van der Waals surface area contributed by atoms with Crippen LogP contribution in [0.3, 0.4) is 0 Å². The highest BCUT2D eigenvalue weighted by atomic mass is 35.5. The fourth-order valence-electron chi connectivity index (χ4n) is 5.21. The van der Waals surface area contributed by atoms with E-state index in [0.29, 0.717) is 10.7 Å². The highest BCUT2D eigenvalue weighted by Gasteiger charge is 2.45. The molecule has 0 bridgehead atoms. The minimum absolute atomic E-state index is 0.0907. The summed E-state index contributed by atoms with van der Waals surface area (Å²) in [4.78, 5) is 43.6. The Bertz CT molecular complexity index is 1450. The third-order valence-corrected chi connectivity index (χ3v) is 7.69. The topological polar surface area (TPSA) is 108 Å². The van der Waals surface area contributed by atoms with Crippen LogP contribution in [0.1, 0.15) is 67.5 Å². The Kier molecular flexibility index (Phi) is 9.70. The van der Waals surface area contributed by atoms with Gasteiger partial charge < -0.3 is 25.4 Å². The number of para-hydroxylation sites is 1. The highest BCUT2D eigenvalue weighted by Crippen LogP contribution is 2.39. The molecule has 3 aromatic carbocycles. The van der Waals surface area contributed by atoms with Crippen LogP contribution in [0, 0.1) is 20.8 Å². The Hall–Kier alpha value is -4.04. The second-order valence-electron chi connectivity index (χ2n) is 12.2. The van der Waals surface area contributed by atoms with Gasteiger partial charge in [0.1, 0.15) is 23.4 Å². The van der Waals surface area contributed by atoms with Crippen molar-refractivity contribution in [2.45, 2.75) is 84.5 Å². The molecular weight excluding hydrogens is 566 g/mol. The Labute approximate surface area is 258 Å². The number of aryl methyl sites for hydroxylation is 3. The first-order valence-corrected chi connectivity index (χ1v) is 14.8. The molecule has 0 aromatic heterocycles. The zero-order valence-electron chi connectivity index (χ0n) is 25.5. The Morgan fingerprint density at radius 3 is 2.09 bits per heavy atom. The lowest BCUT2D eigenvalue weighted by molar-refractivity contribution is -0.141. The molecule has 0 saturated heterocycles. The molecule has 0 spiro atoms. The standard InChI is InChI=1S/C34H40ClN3O5/c1-20-9-7-10-21(2)28(20)30(31(40)37-29-22(3)11-8-12-26(29)35)38(24-15-16-24)32(41)27(36-33(42)43-34(4,5)6)19-23-13-17-25(39)18-14-23/h7-14,17-18,24,27,30,39H,15-16,19H2,1-6H3,(H,36,42)(H,37,40). The van der Waals surface area contributed by atoms with Crippen molar-refractivity contribution in [3.63, 3.8) is 0 Å². The van der Waals surface area contributed by atoms with Gasteiger partial charge in [0.15, 0.2) is 0 Å². The third-order valence-electron chi connectivity index (χ3n) is 7.37. The van der Waals surface area contributed by atoms with Crippen LogP contribution in [0.2, 0.25) is 5.02 Å². The zero-order valence-corrected chi connectivity index (χ0v) is 26.3. The average molecular weight is 606 g/mol. The molecule has 8 nitrogen and oxygen atoms in total. The first-order valence-electron chi connectivity index (χ1n) is 14.5. The number of halogens is 1. The van der Waals surface area contributed by atoms with Gasteiger partial charge in [-0.25, -0.2) is 4.79 Å². The van der Waals surface area contributed by atoms with Gasteiger partial charge >= 0.3 is 6.09 Å². The second kappa shape index (κ2) is 13.1. The van der Waals surface area contributed by atoms with E-state index in [4.69, 9.17) is 16.3 Å². The smallest absolute Gasteiger partial charge is 0.408 e. The highest BCUT2D eigenvalue weighted by molar-refractivity contribution is 6.34. The van der Waals surface area contributed by atoms with Crippen molar-refractivity contribution in [1.29, 1.82) is 0 Å². The third kappa shape index (κ3) is 8.08. The lowest BCUT2D eigenvalue weighted by Gasteiger charge is -2.36. The molecule has 0 radical (unpaired) electrons. The maximum absolute atomic E-state index is 14.6. The quantitative estimate of drug-likeness (QED) is 0.249. The number of ether oxygens (including phenoxy) is 1. The molecule has 1 fully saturated rings. The van der Waals surface area contributed by atoms with E-state index < -0.39 is 35.6 Å². The van der Waals surface area contributed by atoms with Crippen LogP contribution in [0.5, 0.6) is 5.75 Å². The van der Waals surface area contributed by atoms with Crippen LogP contribution >= 0.6 is 11.6 Å². The number of phenolic OH excluding ortho intramolecular Hbond substituents is 1. The van der Waals surface area contributed by atoms with E-state index in [1.807, 2.05) is 51.1 Å². The number of nitrogens with zero attached hydrogens (tertiary/aromatic N) is 1. The summed E-state index contributed by atoms with van der Waals surface area (Å²) in [6.07, 6.45) is 0.848. The molecule has 228 valence electrons. The average Bonchev–Trinajstić information content (AvgIpc) is 3.75. The van der Waals surface area contributed by atoms with Crippen LogP contribution in [-0.4, -0.2) is 45.6 Å². The Morgan fingerprint density at radius 2 is 1.53 bits per heavy atom. The predicted molar refractivity (Wildman–Crippen MR) is 168 cm³/mol. The number of benzene rings is 3. The molecule has 0 heterocycles. The number of carbonyl (C=O) groups excluding carboxylic acids is 3. The van der Waals surface area contributed by atoms with Gasteiger partial charge in [-0.2, -0.15) is 0 Å². The van der Waals surface area contributed by atoms with Gasteiger partial charge in [0, 0.05) is 12.5 Å². The maximum atomic E-state index is 14.6. The van der Waals surface area contributed by atoms with Gasteiger partial charge in [-0.05, 0) is 100 Å². The molecular formula is C34H40ClN3O5. The summed E-state index contributed by atoms with van der Waals surface area (Å²) in [7, 11) is 0. The van der Waals surface area contributed by atoms with Crippen molar-refractivity contribution in [2.24, 2.45) is 0 Å². The van der Waals surface area contributed by atoms with E-state index >= 15 is 0 Å². The molecule has 3 N–H and O–H groups in total. The van der Waals surface area contributed by atoms with E-state index in [-0.39, 0.29) is 18.2 Å². The molecule has 4 rings (SSSR count). The number of amides is 3. The van der Waals surface area contributed by atoms with Crippen molar-refractivity contribution in [2.75, 3.05) is 5.32 Å². The number of rotatable bonds is 9. The van der Waals surface area contributed by atoms with Crippen LogP contribution < -0.4 is 10.6 Å². The van der Waals surface area contributed by atoms with Gasteiger partial charge in [-0.1, -0.05) is 54.1 Å². The molecule has 3 amide bonds. The summed E-state index contributed by atoms with van der Waals surface area (Å²) < 4.78 is 5.51. The summed E-state index contributed by atoms with van der Waals surface area (Å²) in [6, 6.07) is 15.4. The van der Waals surface area contributed by atoms with Crippen LogP contribution in [0.15, 0.2) is 60.7 Å². The molecule has 43 heavy (non-hydrogen) atoms. The molecule has 2 atom stereocenters. The lowest BCUT2D eigenvalue weighted by atomic mass is 9.93. The Morgan fingerprint density at radius 1 is 0.953 bits per heavy atom. The van der Waals surface area contributed by atoms with E-state index in [2.05, 4.69) is 10.6 Å². The number of nitrogens with one attached hydrogen (secondary N) is 2. The minimum atomic E-state index is -1.04. The fourth-order valence-corrected chi connectivity index (χ4v) is 5.47. The monoisotopic (exact) mass is 605 g/mol. The number of hydrogen-bond acceptors (Lipinski definition) is 5. The summed E-state index contributed by atoms with van der Waals surface area (Å²) in [5.74, 6) is -0.706. The molecule has 9 heteroatoms. The van der Waals surface area contributed by atoms with Gasteiger partial charge in [-0.15, -0.1) is 0 Å². The van der Waals surface area contributed by atoms with E-state index in [0.717, 1.165) is 40.7 Å². The molecule has 2 unspecified atom stereocenters.